The van der Waals surface area contributed by atoms with Gasteiger partial charge in [-0.1, -0.05) is 40.5 Å². The lowest BCUT2D eigenvalue weighted by molar-refractivity contribution is -0.141. The fourth-order valence-electron chi connectivity index (χ4n) is 3.36. The number of hydrogen-bond donors (Lipinski definition) is 0. The summed E-state index contributed by atoms with van der Waals surface area (Å²) in [5.74, 6) is 0.570. The van der Waals surface area contributed by atoms with Gasteiger partial charge in [0.1, 0.15) is 5.41 Å². The van der Waals surface area contributed by atoms with Crippen molar-refractivity contribution in [3.05, 3.63) is 0 Å². The van der Waals surface area contributed by atoms with Crippen LogP contribution >= 0.6 is 0 Å². The Balaban J connectivity index is 2.96. The van der Waals surface area contributed by atoms with Crippen molar-refractivity contribution in [3.8, 4) is 6.07 Å². The summed E-state index contributed by atoms with van der Waals surface area (Å²) in [4.78, 5) is 14.9. The third kappa shape index (κ3) is 3.29. The maximum Gasteiger partial charge on any atom is 0.243 e. The molecule has 108 valence electrons. The molecule has 0 aromatic heterocycles. The molecule has 19 heavy (non-hydrogen) atoms. The van der Waals surface area contributed by atoms with E-state index in [9.17, 15) is 10.1 Å². The monoisotopic (exact) mass is 264 g/mol. The molecule has 0 saturated carbocycles. The molecule has 3 nitrogen and oxygen atoms in total. The maximum atomic E-state index is 12.9. The zero-order valence-corrected chi connectivity index (χ0v) is 12.9. The number of rotatable bonds is 6. The van der Waals surface area contributed by atoms with Gasteiger partial charge in [0.2, 0.25) is 5.91 Å². The number of nitrogens with zero attached hydrogens (tertiary/aromatic N) is 2. The van der Waals surface area contributed by atoms with Crippen molar-refractivity contribution >= 4 is 5.91 Å². The first kappa shape index (κ1) is 16.0. The summed E-state index contributed by atoms with van der Waals surface area (Å²) in [6, 6.07) is 2.69. The zero-order valence-electron chi connectivity index (χ0n) is 12.9. The van der Waals surface area contributed by atoms with Gasteiger partial charge in [-0.15, -0.1) is 0 Å². The van der Waals surface area contributed by atoms with E-state index in [0.29, 0.717) is 24.8 Å². The van der Waals surface area contributed by atoms with Crippen molar-refractivity contribution in [2.24, 2.45) is 11.3 Å². The van der Waals surface area contributed by atoms with Gasteiger partial charge < -0.3 is 4.90 Å². The van der Waals surface area contributed by atoms with Gasteiger partial charge in [0.05, 0.1) is 6.07 Å². The largest absolute Gasteiger partial charge is 0.338 e. The smallest absolute Gasteiger partial charge is 0.243 e. The molecular weight excluding hydrogens is 236 g/mol. The maximum absolute atomic E-state index is 12.9. The minimum atomic E-state index is -0.777. The van der Waals surface area contributed by atoms with Gasteiger partial charge in [0.15, 0.2) is 0 Å². The summed E-state index contributed by atoms with van der Waals surface area (Å²) in [6.45, 7) is 9.28. The molecule has 0 N–H and O–H groups in total. The Morgan fingerprint density at radius 1 is 1.37 bits per heavy atom. The van der Waals surface area contributed by atoms with Crippen LogP contribution in [0.3, 0.4) is 0 Å². The molecule has 1 heterocycles. The molecule has 1 amide bonds. The van der Waals surface area contributed by atoms with Crippen LogP contribution in [0.15, 0.2) is 0 Å². The first-order chi connectivity index (χ1) is 9.02. The van der Waals surface area contributed by atoms with Crippen molar-refractivity contribution in [2.75, 3.05) is 6.54 Å². The van der Waals surface area contributed by atoms with Crippen LogP contribution in [0.4, 0.5) is 0 Å². The molecule has 0 aromatic carbocycles. The van der Waals surface area contributed by atoms with Crippen molar-refractivity contribution in [3.63, 3.8) is 0 Å². The molecule has 1 rings (SSSR count). The van der Waals surface area contributed by atoms with Crippen LogP contribution < -0.4 is 0 Å². The summed E-state index contributed by atoms with van der Waals surface area (Å²) in [5.41, 5.74) is -0.777. The van der Waals surface area contributed by atoms with Gasteiger partial charge in [-0.25, -0.2) is 0 Å². The van der Waals surface area contributed by atoms with E-state index in [2.05, 4.69) is 33.8 Å². The van der Waals surface area contributed by atoms with Crippen LogP contribution in [0.2, 0.25) is 0 Å². The Morgan fingerprint density at radius 3 is 2.37 bits per heavy atom. The Bertz CT molecular complexity index is 337. The predicted octanol–water partition coefficient (Wildman–Crippen LogP) is 3.74. The van der Waals surface area contributed by atoms with Crippen molar-refractivity contribution in [1.29, 1.82) is 5.26 Å². The van der Waals surface area contributed by atoms with E-state index in [1.807, 2.05) is 4.90 Å². The van der Waals surface area contributed by atoms with E-state index in [1.165, 1.54) is 0 Å². The average Bonchev–Trinajstić information content (AvgIpc) is 2.86. The molecule has 1 unspecified atom stereocenters. The Morgan fingerprint density at radius 2 is 1.95 bits per heavy atom. The lowest BCUT2D eigenvalue weighted by Gasteiger charge is -2.35. The number of nitriles is 1. The molecule has 1 aliphatic heterocycles. The second-order valence-electron chi connectivity index (χ2n) is 6.15. The van der Waals surface area contributed by atoms with Crippen LogP contribution in [-0.4, -0.2) is 23.4 Å². The number of likely N-dealkylation sites (tertiary alicyclic amines) is 1. The van der Waals surface area contributed by atoms with Crippen LogP contribution in [0.5, 0.6) is 0 Å². The SMILES string of the molecule is CCCC(C#N)(CCC)C(=O)N1CCCC1C(C)C. The molecule has 1 aliphatic rings. The molecule has 0 bridgehead atoms. The second-order valence-corrected chi connectivity index (χ2v) is 6.15. The quantitative estimate of drug-likeness (QED) is 0.733. The standard InChI is InChI=1S/C16H28N2O/c1-5-9-16(12-17,10-6-2)15(19)18-11-7-8-14(18)13(3)4/h13-14H,5-11H2,1-4H3. The van der Waals surface area contributed by atoms with Gasteiger partial charge in [0.25, 0.3) is 0 Å². The summed E-state index contributed by atoms with van der Waals surface area (Å²) < 4.78 is 0. The first-order valence-electron chi connectivity index (χ1n) is 7.74. The lowest BCUT2D eigenvalue weighted by Crippen LogP contribution is -2.47. The van der Waals surface area contributed by atoms with Crippen molar-refractivity contribution < 1.29 is 4.79 Å². The highest BCUT2D eigenvalue weighted by Gasteiger charge is 2.43. The van der Waals surface area contributed by atoms with Gasteiger partial charge >= 0.3 is 0 Å². The van der Waals surface area contributed by atoms with E-state index in [4.69, 9.17) is 0 Å². The van der Waals surface area contributed by atoms with Gasteiger partial charge in [-0.2, -0.15) is 5.26 Å². The van der Waals surface area contributed by atoms with Crippen LogP contribution in [0, 0.1) is 22.7 Å². The molecule has 1 fully saturated rings. The number of carbonyl (C=O) groups excluding carboxylic acids is 1. The molecule has 0 radical (unpaired) electrons. The zero-order chi connectivity index (χ0) is 14.5. The fraction of sp³-hybridized carbons (Fsp3) is 0.875. The molecule has 1 atom stereocenters. The highest BCUT2D eigenvalue weighted by molar-refractivity contribution is 5.86. The summed E-state index contributed by atoms with van der Waals surface area (Å²) in [7, 11) is 0. The van der Waals surface area contributed by atoms with E-state index in [0.717, 1.165) is 32.2 Å². The van der Waals surface area contributed by atoms with Crippen molar-refractivity contribution in [1.82, 2.24) is 4.90 Å². The summed E-state index contributed by atoms with van der Waals surface area (Å²) >= 11 is 0. The number of amides is 1. The van der Waals surface area contributed by atoms with Crippen LogP contribution in [-0.2, 0) is 4.79 Å². The molecule has 0 aliphatic carbocycles. The van der Waals surface area contributed by atoms with Gasteiger partial charge in [0, 0.05) is 12.6 Å². The normalized spacial score (nSPS) is 19.8. The average molecular weight is 264 g/mol. The Kier molecular flexibility index (Phi) is 5.85. The highest BCUT2D eigenvalue weighted by atomic mass is 16.2. The summed E-state index contributed by atoms with van der Waals surface area (Å²) in [5, 5.41) is 9.60. The first-order valence-corrected chi connectivity index (χ1v) is 7.74. The van der Waals surface area contributed by atoms with E-state index >= 15 is 0 Å². The third-order valence-corrected chi connectivity index (χ3v) is 4.31. The molecule has 0 spiro atoms. The minimum Gasteiger partial charge on any atom is -0.338 e. The molecule has 3 heteroatoms. The molecular formula is C16H28N2O. The van der Waals surface area contributed by atoms with E-state index in [1.54, 1.807) is 0 Å². The molecule has 0 aromatic rings. The predicted molar refractivity (Wildman–Crippen MR) is 77.4 cm³/mol. The number of hydrogen-bond acceptors (Lipinski definition) is 2. The summed E-state index contributed by atoms with van der Waals surface area (Å²) in [6.07, 6.45) is 5.32. The van der Waals surface area contributed by atoms with Crippen LogP contribution in [0.25, 0.3) is 0 Å². The number of carbonyl (C=O) groups is 1. The Labute approximate surface area is 118 Å². The highest BCUT2D eigenvalue weighted by Crippen LogP contribution is 2.35. The van der Waals surface area contributed by atoms with Crippen molar-refractivity contribution in [2.45, 2.75) is 72.3 Å². The van der Waals surface area contributed by atoms with Crippen LogP contribution in [0.1, 0.15) is 66.2 Å². The second kappa shape index (κ2) is 6.93. The van der Waals surface area contributed by atoms with E-state index in [-0.39, 0.29) is 5.91 Å². The lowest BCUT2D eigenvalue weighted by atomic mass is 9.79. The van der Waals surface area contributed by atoms with Gasteiger partial charge in [-0.05, 0) is 31.6 Å². The minimum absolute atomic E-state index is 0.0925. The fourth-order valence-corrected chi connectivity index (χ4v) is 3.36. The van der Waals surface area contributed by atoms with Gasteiger partial charge in [-0.3, -0.25) is 4.79 Å². The Hall–Kier alpha value is -1.04. The topological polar surface area (TPSA) is 44.1 Å². The van der Waals surface area contributed by atoms with E-state index < -0.39 is 5.41 Å². The molecule has 1 saturated heterocycles. The third-order valence-electron chi connectivity index (χ3n) is 4.31.